The van der Waals surface area contributed by atoms with Crippen LogP contribution >= 0.6 is 11.3 Å². The third kappa shape index (κ3) is 2.23. The lowest BCUT2D eigenvalue weighted by molar-refractivity contribution is 0.111. The van der Waals surface area contributed by atoms with Crippen molar-refractivity contribution in [2.24, 2.45) is 0 Å². The number of aromatic nitrogens is 2. The minimum Gasteiger partial charge on any atom is -0.496 e. The van der Waals surface area contributed by atoms with Gasteiger partial charge in [0, 0.05) is 17.1 Å². The molecule has 3 aromatic rings. The number of ether oxygens (including phenoxy) is 1. The number of nitrogens with zero attached hydrogens (tertiary/aromatic N) is 2. The minimum atomic E-state index is 0.401. The van der Waals surface area contributed by atoms with Crippen molar-refractivity contribution in [3.8, 4) is 17.0 Å². The lowest BCUT2D eigenvalue weighted by Gasteiger charge is -2.11. The van der Waals surface area contributed by atoms with Crippen molar-refractivity contribution < 1.29 is 9.53 Å². The van der Waals surface area contributed by atoms with Gasteiger partial charge in [0.25, 0.3) is 0 Å². The van der Waals surface area contributed by atoms with Crippen molar-refractivity contribution in [3.05, 3.63) is 41.0 Å². The summed E-state index contributed by atoms with van der Waals surface area (Å²) in [5, 5.41) is 1.92. The van der Waals surface area contributed by atoms with E-state index in [0.29, 0.717) is 17.3 Å². The zero-order valence-electron chi connectivity index (χ0n) is 12.2. The van der Waals surface area contributed by atoms with Gasteiger partial charge in [0.05, 0.1) is 7.11 Å². The summed E-state index contributed by atoms with van der Waals surface area (Å²) in [7, 11) is 1.63. The summed E-state index contributed by atoms with van der Waals surface area (Å²) < 4.78 is 7.26. The fraction of sp³-hybridized carbons (Fsp3) is 0.250. The van der Waals surface area contributed by atoms with Crippen LogP contribution in [0.2, 0.25) is 0 Å². The summed E-state index contributed by atoms with van der Waals surface area (Å²) in [5.74, 6) is 1.13. The zero-order chi connectivity index (χ0) is 15.0. The first-order valence-electron chi connectivity index (χ1n) is 6.74. The molecule has 0 spiro atoms. The molecule has 0 bridgehead atoms. The second-order valence-corrected chi connectivity index (χ2v) is 6.01. The molecule has 0 saturated heterocycles. The van der Waals surface area contributed by atoms with Crippen molar-refractivity contribution in [3.63, 3.8) is 0 Å². The molecule has 0 atom stereocenters. The Morgan fingerprint density at radius 1 is 1.38 bits per heavy atom. The van der Waals surface area contributed by atoms with E-state index in [2.05, 4.69) is 24.9 Å². The monoisotopic (exact) mass is 300 g/mol. The third-order valence-electron chi connectivity index (χ3n) is 3.56. The molecule has 0 amide bonds. The lowest BCUT2D eigenvalue weighted by atomic mass is 9.98. The Bertz CT molecular complexity index is 802. The van der Waals surface area contributed by atoms with Gasteiger partial charge in [-0.1, -0.05) is 19.9 Å². The van der Waals surface area contributed by atoms with Crippen LogP contribution < -0.4 is 4.74 Å². The summed E-state index contributed by atoms with van der Waals surface area (Å²) in [6.07, 6.45) is 2.71. The molecule has 0 aliphatic heterocycles. The lowest BCUT2D eigenvalue weighted by Crippen LogP contribution is -1.96. The third-order valence-corrected chi connectivity index (χ3v) is 4.31. The number of benzene rings is 1. The van der Waals surface area contributed by atoms with Crippen LogP contribution in [0.25, 0.3) is 16.2 Å². The first-order valence-corrected chi connectivity index (χ1v) is 7.62. The molecule has 0 radical (unpaired) electrons. The maximum Gasteiger partial charge on any atom is 0.194 e. The SMILES string of the molecule is COc1ccc(C(C)C)cc1-c1nc2sccn2c1C=O. The number of rotatable bonds is 4. The Hall–Kier alpha value is -2.14. The Kier molecular flexibility index (Phi) is 3.51. The first-order chi connectivity index (χ1) is 10.2. The van der Waals surface area contributed by atoms with Crippen LogP contribution in [0.3, 0.4) is 0 Å². The highest BCUT2D eigenvalue weighted by Crippen LogP contribution is 2.35. The molecule has 1 aromatic carbocycles. The van der Waals surface area contributed by atoms with Gasteiger partial charge in [-0.15, -0.1) is 11.3 Å². The van der Waals surface area contributed by atoms with Gasteiger partial charge in [-0.2, -0.15) is 0 Å². The number of fused-ring (bicyclic) bond motifs is 1. The molecule has 0 unspecified atom stereocenters. The molecule has 0 saturated carbocycles. The summed E-state index contributed by atoms with van der Waals surface area (Å²) in [4.78, 5) is 16.9. The molecule has 108 valence electrons. The number of thiazole rings is 1. The van der Waals surface area contributed by atoms with Crippen LogP contribution in [-0.2, 0) is 0 Å². The zero-order valence-corrected chi connectivity index (χ0v) is 13.0. The van der Waals surface area contributed by atoms with E-state index in [-0.39, 0.29) is 0 Å². The Labute approximate surface area is 127 Å². The van der Waals surface area contributed by atoms with Crippen molar-refractivity contribution in [1.82, 2.24) is 9.38 Å². The van der Waals surface area contributed by atoms with Crippen molar-refractivity contribution in [2.45, 2.75) is 19.8 Å². The molecule has 5 heteroatoms. The topological polar surface area (TPSA) is 43.6 Å². The number of hydrogen-bond donors (Lipinski definition) is 0. The van der Waals surface area contributed by atoms with Crippen LogP contribution in [0.4, 0.5) is 0 Å². The van der Waals surface area contributed by atoms with Gasteiger partial charge < -0.3 is 4.74 Å². The molecule has 3 rings (SSSR count). The van der Waals surface area contributed by atoms with Gasteiger partial charge in [0.1, 0.15) is 17.1 Å². The number of aldehydes is 1. The number of imidazole rings is 1. The standard InChI is InChI=1S/C16H16N2O2S/c1-10(2)11-4-5-14(20-3)12(8-11)15-13(9-19)18-6-7-21-16(18)17-15/h4-10H,1-3H3. The van der Waals surface area contributed by atoms with E-state index < -0.39 is 0 Å². The molecule has 4 nitrogen and oxygen atoms in total. The smallest absolute Gasteiger partial charge is 0.194 e. The van der Waals surface area contributed by atoms with E-state index in [9.17, 15) is 4.79 Å². The predicted octanol–water partition coefficient (Wildman–Crippen LogP) is 4.01. The molecule has 0 aliphatic rings. The molecular formula is C16H16N2O2S. The highest BCUT2D eigenvalue weighted by molar-refractivity contribution is 7.15. The van der Waals surface area contributed by atoms with E-state index in [4.69, 9.17) is 4.74 Å². The maximum absolute atomic E-state index is 11.5. The predicted molar refractivity (Wildman–Crippen MR) is 84.5 cm³/mol. The van der Waals surface area contributed by atoms with Crippen molar-refractivity contribution in [1.29, 1.82) is 0 Å². The number of methoxy groups -OCH3 is 1. The summed E-state index contributed by atoms with van der Waals surface area (Å²) >= 11 is 1.51. The van der Waals surface area contributed by atoms with Gasteiger partial charge in [0.15, 0.2) is 11.2 Å². The second kappa shape index (κ2) is 5.33. The van der Waals surface area contributed by atoms with Crippen LogP contribution in [0, 0.1) is 0 Å². The van der Waals surface area contributed by atoms with Crippen LogP contribution in [0.15, 0.2) is 29.8 Å². The van der Waals surface area contributed by atoms with E-state index in [0.717, 1.165) is 22.6 Å². The number of hydrogen-bond acceptors (Lipinski definition) is 4. The minimum absolute atomic E-state index is 0.401. The summed E-state index contributed by atoms with van der Waals surface area (Å²) in [6, 6.07) is 6.04. The molecule has 2 aromatic heterocycles. The highest BCUT2D eigenvalue weighted by atomic mass is 32.1. The normalized spacial score (nSPS) is 11.2. The molecule has 0 aliphatic carbocycles. The number of carbonyl (C=O) groups is 1. The van der Waals surface area contributed by atoms with Crippen LogP contribution in [0.5, 0.6) is 5.75 Å². The van der Waals surface area contributed by atoms with Crippen LogP contribution in [0.1, 0.15) is 35.8 Å². The molecule has 0 fully saturated rings. The fourth-order valence-corrected chi connectivity index (χ4v) is 3.10. The highest BCUT2D eigenvalue weighted by Gasteiger charge is 2.18. The van der Waals surface area contributed by atoms with Gasteiger partial charge in [-0.3, -0.25) is 9.20 Å². The fourth-order valence-electron chi connectivity index (χ4n) is 2.38. The van der Waals surface area contributed by atoms with Gasteiger partial charge in [-0.25, -0.2) is 4.98 Å². The Morgan fingerprint density at radius 2 is 2.19 bits per heavy atom. The summed E-state index contributed by atoms with van der Waals surface area (Å²) in [6.45, 7) is 4.27. The quantitative estimate of drug-likeness (QED) is 0.684. The first kappa shape index (κ1) is 13.8. The number of carbonyl (C=O) groups excluding carboxylic acids is 1. The van der Waals surface area contributed by atoms with Crippen molar-refractivity contribution in [2.75, 3.05) is 7.11 Å². The van der Waals surface area contributed by atoms with Gasteiger partial charge in [0.2, 0.25) is 0 Å². The van der Waals surface area contributed by atoms with E-state index in [1.54, 1.807) is 7.11 Å². The molecule has 0 N–H and O–H groups in total. The molecule has 21 heavy (non-hydrogen) atoms. The molecular weight excluding hydrogens is 284 g/mol. The van der Waals surface area contributed by atoms with E-state index in [1.807, 2.05) is 28.1 Å². The largest absolute Gasteiger partial charge is 0.496 e. The van der Waals surface area contributed by atoms with Crippen molar-refractivity contribution >= 4 is 22.6 Å². The van der Waals surface area contributed by atoms with E-state index in [1.165, 1.54) is 16.9 Å². The van der Waals surface area contributed by atoms with Gasteiger partial charge >= 0.3 is 0 Å². The van der Waals surface area contributed by atoms with Gasteiger partial charge in [-0.05, 0) is 23.6 Å². The molecule has 2 heterocycles. The Balaban J connectivity index is 2.27. The summed E-state index contributed by atoms with van der Waals surface area (Å²) in [5.41, 5.74) is 3.29. The average Bonchev–Trinajstić information content (AvgIpc) is 3.06. The maximum atomic E-state index is 11.5. The van der Waals surface area contributed by atoms with E-state index >= 15 is 0 Å². The average molecular weight is 300 g/mol. The Morgan fingerprint density at radius 3 is 2.86 bits per heavy atom. The van der Waals surface area contributed by atoms with Crippen LogP contribution in [-0.4, -0.2) is 22.8 Å². The second-order valence-electron chi connectivity index (χ2n) is 5.13.